The second kappa shape index (κ2) is 6.81. The maximum Gasteiger partial charge on any atom is 0.261 e. The van der Waals surface area contributed by atoms with Crippen molar-refractivity contribution in [2.24, 2.45) is 0 Å². The highest BCUT2D eigenvalue weighted by Crippen LogP contribution is 2.19. The number of hydrogen-bond acceptors (Lipinski definition) is 3. The van der Waals surface area contributed by atoms with E-state index in [0.29, 0.717) is 23.3 Å². The minimum absolute atomic E-state index is 0.292. The number of rotatable bonds is 5. The lowest BCUT2D eigenvalue weighted by molar-refractivity contribution is 0.504. The fraction of sp³-hybridized carbons (Fsp3) is 0.0625. The Kier molecular flexibility index (Phi) is 4.73. The van der Waals surface area contributed by atoms with Crippen LogP contribution in [0.2, 0.25) is 5.02 Å². The van der Waals surface area contributed by atoms with Gasteiger partial charge < -0.3 is 0 Å². The van der Waals surface area contributed by atoms with Crippen molar-refractivity contribution in [3.8, 4) is 0 Å². The van der Waals surface area contributed by atoms with Crippen LogP contribution in [-0.4, -0.2) is 18.2 Å². The minimum atomic E-state index is -4.04. The number of hydrogen-bond donors (Lipinski definition) is 1. The molecule has 0 fully saturated rings. The van der Waals surface area contributed by atoms with Gasteiger partial charge in [0.2, 0.25) is 0 Å². The number of aromatic nitrogens is 2. The summed E-state index contributed by atoms with van der Waals surface area (Å²) in [5.41, 5.74) is 1.07. The first kappa shape index (κ1) is 17.4. The fourth-order valence-corrected chi connectivity index (χ4v) is 3.42. The molecule has 0 saturated carbocycles. The SMILES string of the molecule is O=S(=O)(Nc1cccc(Cn2cc(Cl)cn2)c1)c1ccc(F)c(F)c1. The van der Waals surface area contributed by atoms with E-state index in [9.17, 15) is 17.2 Å². The molecule has 3 aromatic rings. The molecule has 5 nitrogen and oxygen atoms in total. The van der Waals surface area contributed by atoms with E-state index in [1.165, 1.54) is 6.20 Å². The number of benzene rings is 2. The molecular formula is C16H12ClF2N3O2S. The van der Waals surface area contributed by atoms with Crippen molar-refractivity contribution in [3.63, 3.8) is 0 Å². The second-order valence-electron chi connectivity index (χ2n) is 5.24. The smallest absolute Gasteiger partial charge is 0.261 e. The molecule has 0 aliphatic carbocycles. The number of anilines is 1. The normalized spacial score (nSPS) is 11.5. The third kappa shape index (κ3) is 4.15. The van der Waals surface area contributed by atoms with Crippen molar-refractivity contribution in [2.45, 2.75) is 11.4 Å². The van der Waals surface area contributed by atoms with Crippen molar-refractivity contribution < 1.29 is 17.2 Å². The second-order valence-corrected chi connectivity index (χ2v) is 7.36. The van der Waals surface area contributed by atoms with Crippen LogP contribution in [0.3, 0.4) is 0 Å². The molecule has 2 aromatic carbocycles. The highest BCUT2D eigenvalue weighted by Gasteiger charge is 2.16. The van der Waals surface area contributed by atoms with Gasteiger partial charge in [-0.1, -0.05) is 23.7 Å². The molecule has 1 aromatic heterocycles. The highest BCUT2D eigenvalue weighted by atomic mass is 35.5. The Labute approximate surface area is 147 Å². The predicted octanol–water partition coefficient (Wildman–Crippen LogP) is 3.66. The first-order valence-electron chi connectivity index (χ1n) is 7.08. The van der Waals surface area contributed by atoms with Gasteiger partial charge in [-0.15, -0.1) is 0 Å². The molecule has 0 radical (unpaired) electrons. The summed E-state index contributed by atoms with van der Waals surface area (Å²) in [5, 5.41) is 4.55. The third-order valence-corrected chi connectivity index (χ3v) is 4.90. The lowest BCUT2D eigenvalue weighted by Gasteiger charge is -2.10. The number of nitrogens with one attached hydrogen (secondary N) is 1. The molecule has 25 heavy (non-hydrogen) atoms. The predicted molar refractivity (Wildman–Crippen MR) is 89.9 cm³/mol. The van der Waals surface area contributed by atoms with Gasteiger partial charge >= 0.3 is 0 Å². The first-order valence-corrected chi connectivity index (χ1v) is 8.94. The topological polar surface area (TPSA) is 64.0 Å². The summed E-state index contributed by atoms with van der Waals surface area (Å²) < 4.78 is 54.8. The molecule has 0 spiro atoms. The van der Waals surface area contributed by atoms with Crippen LogP contribution in [0.4, 0.5) is 14.5 Å². The van der Waals surface area contributed by atoms with Gasteiger partial charge in [0.15, 0.2) is 11.6 Å². The minimum Gasteiger partial charge on any atom is -0.280 e. The summed E-state index contributed by atoms with van der Waals surface area (Å²) >= 11 is 5.80. The van der Waals surface area contributed by atoms with Crippen LogP contribution in [-0.2, 0) is 16.6 Å². The van der Waals surface area contributed by atoms with E-state index >= 15 is 0 Å². The molecule has 0 aliphatic heterocycles. The van der Waals surface area contributed by atoms with Crippen LogP contribution in [0.25, 0.3) is 0 Å². The van der Waals surface area contributed by atoms with Gasteiger partial charge in [-0.3, -0.25) is 9.40 Å². The van der Waals surface area contributed by atoms with E-state index in [2.05, 4.69) is 9.82 Å². The van der Waals surface area contributed by atoms with E-state index in [0.717, 1.165) is 17.7 Å². The molecule has 1 heterocycles. The molecule has 0 amide bonds. The van der Waals surface area contributed by atoms with Crippen LogP contribution in [0.5, 0.6) is 0 Å². The molecule has 130 valence electrons. The van der Waals surface area contributed by atoms with Gasteiger partial charge in [0, 0.05) is 11.9 Å². The average Bonchev–Trinajstić information content (AvgIpc) is 2.95. The Hall–Kier alpha value is -2.45. The maximum absolute atomic E-state index is 13.3. The molecule has 0 aliphatic rings. The van der Waals surface area contributed by atoms with Crippen molar-refractivity contribution in [1.82, 2.24) is 9.78 Å². The van der Waals surface area contributed by atoms with Gasteiger partial charge in [0.25, 0.3) is 10.0 Å². The van der Waals surface area contributed by atoms with Gasteiger partial charge in [0.05, 0.1) is 22.7 Å². The average molecular weight is 384 g/mol. The van der Waals surface area contributed by atoms with E-state index in [-0.39, 0.29) is 4.90 Å². The Bertz CT molecular complexity index is 1020. The number of sulfonamides is 1. The Balaban J connectivity index is 1.82. The van der Waals surface area contributed by atoms with Gasteiger partial charge in [0.1, 0.15) is 0 Å². The monoisotopic (exact) mass is 383 g/mol. The first-order chi connectivity index (χ1) is 11.8. The van der Waals surface area contributed by atoms with E-state index < -0.39 is 21.7 Å². The van der Waals surface area contributed by atoms with E-state index in [1.54, 1.807) is 35.1 Å². The summed E-state index contributed by atoms with van der Waals surface area (Å²) in [4.78, 5) is -0.365. The van der Waals surface area contributed by atoms with Crippen LogP contribution in [0.1, 0.15) is 5.56 Å². The zero-order valence-corrected chi connectivity index (χ0v) is 14.2. The van der Waals surface area contributed by atoms with Crippen molar-refractivity contribution in [1.29, 1.82) is 0 Å². The van der Waals surface area contributed by atoms with Crippen LogP contribution < -0.4 is 4.72 Å². The molecule has 3 rings (SSSR count). The van der Waals surface area contributed by atoms with E-state index in [4.69, 9.17) is 11.6 Å². The summed E-state index contributed by atoms with van der Waals surface area (Å²) in [6.45, 7) is 0.396. The molecule has 0 bridgehead atoms. The van der Waals surface area contributed by atoms with Crippen LogP contribution in [0, 0.1) is 11.6 Å². The summed E-state index contributed by atoms with van der Waals surface area (Å²) in [6.07, 6.45) is 3.14. The van der Waals surface area contributed by atoms with Crippen molar-refractivity contribution in [2.75, 3.05) is 4.72 Å². The number of nitrogens with zero attached hydrogens (tertiary/aromatic N) is 2. The number of halogens is 3. The third-order valence-electron chi connectivity index (χ3n) is 3.33. The Morgan fingerprint density at radius 3 is 2.60 bits per heavy atom. The molecule has 0 saturated heterocycles. The van der Waals surface area contributed by atoms with Crippen LogP contribution >= 0.6 is 11.6 Å². The van der Waals surface area contributed by atoms with Crippen LogP contribution in [0.15, 0.2) is 59.8 Å². The summed E-state index contributed by atoms with van der Waals surface area (Å²) in [7, 11) is -4.04. The fourth-order valence-electron chi connectivity index (χ4n) is 2.20. The molecular weight excluding hydrogens is 372 g/mol. The summed E-state index contributed by atoms with van der Waals surface area (Å²) in [6, 6.07) is 9.03. The largest absolute Gasteiger partial charge is 0.280 e. The summed E-state index contributed by atoms with van der Waals surface area (Å²) in [5.74, 6) is -2.34. The Morgan fingerprint density at radius 1 is 1.12 bits per heavy atom. The van der Waals surface area contributed by atoms with E-state index in [1.807, 2.05) is 0 Å². The van der Waals surface area contributed by atoms with Gasteiger partial charge in [-0.25, -0.2) is 17.2 Å². The lowest BCUT2D eigenvalue weighted by atomic mass is 10.2. The maximum atomic E-state index is 13.3. The molecule has 9 heteroatoms. The lowest BCUT2D eigenvalue weighted by Crippen LogP contribution is -2.13. The highest BCUT2D eigenvalue weighted by molar-refractivity contribution is 7.92. The molecule has 0 atom stereocenters. The molecule has 0 unspecified atom stereocenters. The zero-order chi connectivity index (χ0) is 18.0. The molecule has 1 N–H and O–H groups in total. The van der Waals surface area contributed by atoms with Gasteiger partial charge in [-0.2, -0.15) is 5.10 Å². The van der Waals surface area contributed by atoms with Crippen molar-refractivity contribution in [3.05, 3.63) is 77.1 Å². The zero-order valence-electron chi connectivity index (χ0n) is 12.7. The Morgan fingerprint density at radius 2 is 1.92 bits per heavy atom. The van der Waals surface area contributed by atoms with Gasteiger partial charge in [-0.05, 0) is 35.9 Å². The van der Waals surface area contributed by atoms with Crippen molar-refractivity contribution >= 4 is 27.3 Å². The standard InChI is InChI=1S/C16H12ClF2N3O2S/c17-12-8-20-22(10-12)9-11-2-1-3-13(6-11)21-25(23,24)14-4-5-15(18)16(19)7-14/h1-8,10,21H,9H2. The quantitative estimate of drug-likeness (QED) is 0.731.